The van der Waals surface area contributed by atoms with Gasteiger partial charge < -0.3 is 5.11 Å². The molecule has 0 unspecified atom stereocenters. The smallest absolute Gasteiger partial charge is 0.337 e. The van der Waals surface area contributed by atoms with E-state index in [-0.39, 0.29) is 5.56 Å². The summed E-state index contributed by atoms with van der Waals surface area (Å²) in [7, 11) is 0. The van der Waals surface area contributed by atoms with E-state index in [1.54, 1.807) is 30.3 Å². The van der Waals surface area contributed by atoms with E-state index in [1.165, 1.54) is 0 Å². The maximum absolute atomic E-state index is 11.2. The average molecular weight is 310 g/mol. The van der Waals surface area contributed by atoms with Gasteiger partial charge in [0.15, 0.2) is 0 Å². The maximum atomic E-state index is 11.2. The fourth-order valence-corrected chi connectivity index (χ4v) is 2.35. The van der Waals surface area contributed by atoms with Crippen LogP contribution in [0.3, 0.4) is 0 Å². The molecule has 1 aromatic heterocycles. The summed E-state index contributed by atoms with van der Waals surface area (Å²) in [6.07, 6.45) is 1.42. The lowest BCUT2D eigenvalue weighted by Gasteiger charge is -2.09. The van der Waals surface area contributed by atoms with Crippen molar-refractivity contribution in [3.8, 4) is 11.3 Å². The van der Waals surface area contributed by atoms with Crippen molar-refractivity contribution < 1.29 is 9.90 Å². The molecule has 0 saturated carbocycles. The first kappa shape index (κ1) is 14.8. The predicted octanol–water partition coefficient (Wildman–Crippen LogP) is 4.71. The molecule has 0 amide bonds. The molecule has 2 rings (SSSR count). The molecule has 1 N–H and O–H groups in total. The van der Waals surface area contributed by atoms with Crippen LogP contribution in [0.25, 0.3) is 11.3 Å². The largest absolute Gasteiger partial charge is 0.478 e. The fourth-order valence-electron chi connectivity index (χ4n) is 1.97. The number of hydrogen-bond donors (Lipinski definition) is 1. The number of hydrogen-bond acceptors (Lipinski definition) is 2. The number of carboxylic acids is 1. The lowest BCUT2D eigenvalue weighted by Crippen LogP contribution is -2.05. The van der Waals surface area contributed by atoms with Crippen LogP contribution in [0.4, 0.5) is 0 Å². The van der Waals surface area contributed by atoms with E-state index in [4.69, 9.17) is 28.3 Å². The molecule has 104 valence electrons. The summed E-state index contributed by atoms with van der Waals surface area (Å²) < 4.78 is 0. The first-order valence-electron chi connectivity index (χ1n) is 6.21. The Kier molecular flexibility index (Phi) is 4.63. The zero-order valence-electron chi connectivity index (χ0n) is 10.9. The summed E-state index contributed by atoms with van der Waals surface area (Å²) in [5, 5.41) is 10.3. The van der Waals surface area contributed by atoms with Gasteiger partial charge in [0.1, 0.15) is 0 Å². The number of halogens is 2. The molecule has 0 aliphatic rings. The first-order chi connectivity index (χ1) is 9.52. The van der Waals surface area contributed by atoms with Gasteiger partial charge >= 0.3 is 5.97 Å². The molecule has 1 heterocycles. The van der Waals surface area contributed by atoms with Crippen LogP contribution in [-0.2, 0) is 6.42 Å². The molecule has 0 aliphatic carbocycles. The van der Waals surface area contributed by atoms with Gasteiger partial charge in [0.05, 0.1) is 22.0 Å². The molecule has 0 saturated heterocycles. The molecule has 0 spiro atoms. The second-order valence-corrected chi connectivity index (χ2v) is 5.21. The van der Waals surface area contributed by atoms with Gasteiger partial charge in [-0.1, -0.05) is 36.5 Å². The van der Waals surface area contributed by atoms with Gasteiger partial charge in [-0.3, -0.25) is 4.98 Å². The van der Waals surface area contributed by atoms with Crippen molar-refractivity contribution in [3.05, 3.63) is 51.6 Å². The second-order valence-electron chi connectivity index (χ2n) is 4.37. The lowest BCUT2D eigenvalue weighted by molar-refractivity contribution is 0.0695. The van der Waals surface area contributed by atoms with E-state index in [1.807, 2.05) is 6.92 Å². The van der Waals surface area contributed by atoms with Crippen molar-refractivity contribution in [2.45, 2.75) is 19.8 Å². The summed E-state index contributed by atoms with van der Waals surface area (Å²) in [5.41, 5.74) is 2.13. The van der Waals surface area contributed by atoms with Crippen LogP contribution in [0, 0.1) is 0 Å². The van der Waals surface area contributed by atoms with Gasteiger partial charge in [-0.15, -0.1) is 0 Å². The van der Waals surface area contributed by atoms with Crippen LogP contribution in [0.1, 0.15) is 29.4 Å². The van der Waals surface area contributed by atoms with E-state index in [9.17, 15) is 4.79 Å². The van der Waals surface area contributed by atoms with Gasteiger partial charge in [-0.05, 0) is 36.8 Å². The highest BCUT2D eigenvalue weighted by Gasteiger charge is 2.14. The standard InChI is InChI=1S/C15H13Cl2NO2/c1-2-3-13-10(15(19)20)5-7-14(18-13)11-8-9(16)4-6-12(11)17/h4-8H,2-3H2,1H3,(H,19,20). The van der Waals surface area contributed by atoms with E-state index in [0.717, 1.165) is 6.42 Å². The highest BCUT2D eigenvalue weighted by atomic mass is 35.5. The molecule has 5 heteroatoms. The molecular formula is C15H13Cl2NO2. The van der Waals surface area contributed by atoms with Crippen LogP contribution >= 0.6 is 23.2 Å². The molecule has 0 radical (unpaired) electrons. The highest BCUT2D eigenvalue weighted by Crippen LogP contribution is 2.30. The average Bonchev–Trinajstić information content (AvgIpc) is 2.41. The van der Waals surface area contributed by atoms with Crippen LogP contribution in [-0.4, -0.2) is 16.1 Å². The van der Waals surface area contributed by atoms with Gasteiger partial charge in [-0.25, -0.2) is 4.79 Å². The van der Waals surface area contributed by atoms with E-state index < -0.39 is 5.97 Å². The lowest BCUT2D eigenvalue weighted by atomic mass is 10.1. The number of aryl methyl sites for hydroxylation is 1. The Hall–Kier alpha value is -1.58. The molecule has 2 aromatic rings. The summed E-state index contributed by atoms with van der Waals surface area (Å²) in [4.78, 5) is 15.6. The number of rotatable bonds is 4. The molecule has 0 bridgehead atoms. The van der Waals surface area contributed by atoms with Crippen LogP contribution < -0.4 is 0 Å². The fraction of sp³-hybridized carbons (Fsp3) is 0.200. The summed E-state index contributed by atoms with van der Waals surface area (Å²) in [6, 6.07) is 8.34. The Morgan fingerprint density at radius 2 is 2.00 bits per heavy atom. The molecular weight excluding hydrogens is 297 g/mol. The molecule has 0 atom stereocenters. The topological polar surface area (TPSA) is 50.2 Å². The Morgan fingerprint density at radius 1 is 1.25 bits per heavy atom. The molecule has 1 aromatic carbocycles. The van der Waals surface area contributed by atoms with Gasteiger partial charge in [0.2, 0.25) is 0 Å². The summed E-state index contributed by atoms with van der Waals surface area (Å²) >= 11 is 12.1. The van der Waals surface area contributed by atoms with Crippen molar-refractivity contribution in [3.63, 3.8) is 0 Å². The Morgan fingerprint density at radius 3 is 2.65 bits per heavy atom. The SMILES string of the molecule is CCCc1nc(-c2cc(Cl)ccc2Cl)ccc1C(=O)O. The summed E-state index contributed by atoms with van der Waals surface area (Å²) in [6.45, 7) is 1.98. The van der Waals surface area contributed by atoms with E-state index >= 15 is 0 Å². The maximum Gasteiger partial charge on any atom is 0.337 e. The van der Waals surface area contributed by atoms with Crippen molar-refractivity contribution in [2.24, 2.45) is 0 Å². The van der Waals surface area contributed by atoms with E-state index in [2.05, 4.69) is 4.98 Å². The zero-order valence-corrected chi connectivity index (χ0v) is 12.4. The van der Waals surface area contributed by atoms with Crippen LogP contribution in [0.5, 0.6) is 0 Å². The number of benzene rings is 1. The minimum Gasteiger partial charge on any atom is -0.478 e. The number of aromatic carboxylic acids is 1. The highest BCUT2D eigenvalue weighted by molar-refractivity contribution is 6.35. The normalized spacial score (nSPS) is 10.6. The van der Waals surface area contributed by atoms with E-state index in [0.29, 0.717) is 33.4 Å². The van der Waals surface area contributed by atoms with Crippen molar-refractivity contribution >= 4 is 29.2 Å². The minimum absolute atomic E-state index is 0.230. The quantitative estimate of drug-likeness (QED) is 0.890. The molecule has 20 heavy (non-hydrogen) atoms. The first-order valence-corrected chi connectivity index (χ1v) is 6.97. The zero-order chi connectivity index (χ0) is 14.7. The third-order valence-corrected chi connectivity index (χ3v) is 3.46. The second kappa shape index (κ2) is 6.25. The Balaban J connectivity index is 2.55. The van der Waals surface area contributed by atoms with Crippen molar-refractivity contribution in [2.75, 3.05) is 0 Å². The van der Waals surface area contributed by atoms with Crippen LogP contribution in [0.15, 0.2) is 30.3 Å². The minimum atomic E-state index is -0.968. The Labute approximate surface area is 127 Å². The van der Waals surface area contributed by atoms with Gasteiger partial charge in [0, 0.05) is 10.6 Å². The van der Waals surface area contributed by atoms with Crippen molar-refractivity contribution in [1.82, 2.24) is 4.98 Å². The third kappa shape index (κ3) is 3.11. The monoisotopic (exact) mass is 309 g/mol. The number of pyridine rings is 1. The van der Waals surface area contributed by atoms with Crippen molar-refractivity contribution in [1.29, 1.82) is 0 Å². The van der Waals surface area contributed by atoms with Crippen LogP contribution in [0.2, 0.25) is 10.0 Å². The van der Waals surface area contributed by atoms with Gasteiger partial charge in [-0.2, -0.15) is 0 Å². The number of aromatic nitrogens is 1. The molecule has 0 aliphatic heterocycles. The molecule has 3 nitrogen and oxygen atoms in total. The molecule has 0 fully saturated rings. The third-order valence-electron chi connectivity index (χ3n) is 2.90. The summed E-state index contributed by atoms with van der Waals surface area (Å²) in [5.74, 6) is -0.968. The number of carboxylic acid groups (broad SMARTS) is 1. The predicted molar refractivity (Wildman–Crippen MR) is 80.6 cm³/mol. The van der Waals surface area contributed by atoms with Gasteiger partial charge in [0.25, 0.3) is 0 Å². The Bertz CT molecular complexity index is 656. The number of nitrogens with zero attached hydrogens (tertiary/aromatic N) is 1. The number of carbonyl (C=O) groups is 1.